The van der Waals surface area contributed by atoms with Crippen LogP contribution in [0.25, 0.3) is 0 Å². The third-order valence-corrected chi connectivity index (χ3v) is 6.97. The van der Waals surface area contributed by atoms with Gasteiger partial charge in [0.2, 0.25) is 10.0 Å². The average molecular weight is 387 g/mol. The van der Waals surface area contributed by atoms with Crippen molar-refractivity contribution in [1.82, 2.24) is 9.62 Å². The van der Waals surface area contributed by atoms with E-state index in [0.29, 0.717) is 13.1 Å². The second kappa shape index (κ2) is 8.52. The average Bonchev–Trinajstić information content (AvgIpc) is 2.84. The van der Waals surface area contributed by atoms with E-state index in [4.69, 9.17) is 11.6 Å². The Morgan fingerprint density at radius 3 is 2.28 bits per heavy atom. The number of hydrogen-bond donors (Lipinski definition) is 1. The highest BCUT2D eigenvalue weighted by Gasteiger charge is 2.27. The van der Waals surface area contributed by atoms with Crippen molar-refractivity contribution in [2.24, 2.45) is 5.92 Å². The Labute approximate surface area is 155 Å². The molecular formula is C18H27ClN2O3S. The van der Waals surface area contributed by atoms with Crippen LogP contribution in [0, 0.1) is 5.92 Å². The molecule has 25 heavy (non-hydrogen) atoms. The molecule has 1 aromatic carbocycles. The van der Waals surface area contributed by atoms with E-state index in [1.807, 2.05) is 20.8 Å². The molecule has 1 aliphatic rings. The fourth-order valence-electron chi connectivity index (χ4n) is 2.72. The molecule has 5 nitrogen and oxygen atoms in total. The summed E-state index contributed by atoms with van der Waals surface area (Å²) in [6.45, 7) is 6.97. The molecule has 0 spiro atoms. The number of benzene rings is 1. The minimum absolute atomic E-state index is 0.0329. The van der Waals surface area contributed by atoms with Crippen LogP contribution in [0.4, 0.5) is 0 Å². The Morgan fingerprint density at radius 2 is 1.72 bits per heavy atom. The predicted molar refractivity (Wildman–Crippen MR) is 100 cm³/mol. The molecule has 140 valence electrons. The van der Waals surface area contributed by atoms with Gasteiger partial charge < -0.3 is 5.32 Å². The van der Waals surface area contributed by atoms with Crippen LogP contribution >= 0.6 is 11.6 Å². The summed E-state index contributed by atoms with van der Waals surface area (Å²) in [5.41, 5.74) is 0.199. The van der Waals surface area contributed by atoms with E-state index < -0.39 is 10.0 Å². The molecule has 0 radical (unpaired) electrons. The number of nitrogens with zero attached hydrogens (tertiary/aromatic N) is 1. The summed E-state index contributed by atoms with van der Waals surface area (Å²) in [6.07, 6.45) is 3.83. The van der Waals surface area contributed by atoms with E-state index in [0.717, 1.165) is 25.7 Å². The molecule has 1 aliphatic heterocycles. The van der Waals surface area contributed by atoms with E-state index in [-0.39, 0.29) is 33.3 Å². The lowest BCUT2D eigenvalue weighted by molar-refractivity contribution is 0.0930. The second-order valence-electron chi connectivity index (χ2n) is 6.97. The van der Waals surface area contributed by atoms with Crippen LogP contribution < -0.4 is 5.32 Å². The summed E-state index contributed by atoms with van der Waals surface area (Å²) in [5, 5.41) is 3.13. The van der Waals surface area contributed by atoms with Gasteiger partial charge in [-0.15, -0.1) is 0 Å². The monoisotopic (exact) mass is 386 g/mol. The first-order chi connectivity index (χ1) is 11.7. The summed E-state index contributed by atoms with van der Waals surface area (Å²) in [5.74, 6) is -0.0779. The lowest BCUT2D eigenvalue weighted by Crippen LogP contribution is -2.36. The summed E-state index contributed by atoms with van der Waals surface area (Å²) < 4.78 is 27.3. The lowest BCUT2D eigenvalue weighted by Gasteiger charge is -2.21. The molecule has 1 fully saturated rings. The Kier molecular flexibility index (Phi) is 6.88. The third kappa shape index (κ3) is 4.96. The van der Waals surface area contributed by atoms with Crippen molar-refractivity contribution in [3.63, 3.8) is 0 Å². The van der Waals surface area contributed by atoms with E-state index in [9.17, 15) is 13.2 Å². The quantitative estimate of drug-likeness (QED) is 0.839. The topological polar surface area (TPSA) is 66.5 Å². The summed E-state index contributed by atoms with van der Waals surface area (Å²) >= 11 is 6.15. The van der Waals surface area contributed by atoms with Gasteiger partial charge >= 0.3 is 0 Å². The minimum atomic E-state index is -3.61. The molecule has 7 heteroatoms. The first kappa shape index (κ1) is 20.2. The largest absolute Gasteiger partial charge is 0.349 e. The van der Waals surface area contributed by atoms with Gasteiger partial charge in [-0.25, -0.2) is 8.42 Å². The highest BCUT2D eigenvalue weighted by atomic mass is 35.5. The maximum Gasteiger partial charge on any atom is 0.253 e. The fourth-order valence-corrected chi connectivity index (χ4v) is 4.47. The number of amides is 1. The predicted octanol–water partition coefficient (Wildman–Crippen LogP) is 3.68. The number of nitrogens with one attached hydrogen (secondary N) is 1. The standard InChI is InChI=1S/C18H27ClN2O3S/c1-13(2)14(3)20-18(22)16-12-15(8-9-17(16)19)25(23,24)21-10-6-4-5-7-11-21/h8-9,12-14H,4-7,10-11H2,1-3H3,(H,20,22). The van der Waals surface area contributed by atoms with Crippen molar-refractivity contribution < 1.29 is 13.2 Å². The Bertz CT molecular complexity index is 711. The molecule has 1 N–H and O–H groups in total. The highest BCUT2D eigenvalue weighted by Crippen LogP contribution is 2.25. The molecule has 1 saturated heterocycles. The maximum atomic E-state index is 12.9. The SMILES string of the molecule is CC(C)C(C)NC(=O)c1cc(S(=O)(=O)N2CCCCCC2)ccc1Cl. The number of rotatable bonds is 5. The molecule has 1 atom stereocenters. The van der Waals surface area contributed by atoms with Gasteiger partial charge in [0.05, 0.1) is 15.5 Å². The van der Waals surface area contributed by atoms with Crippen molar-refractivity contribution in [3.8, 4) is 0 Å². The van der Waals surface area contributed by atoms with Crippen LogP contribution in [0.2, 0.25) is 5.02 Å². The van der Waals surface area contributed by atoms with Crippen LogP contribution in [0.15, 0.2) is 23.1 Å². The molecule has 2 rings (SSSR count). The zero-order chi connectivity index (χ0) is 18.6. The first-order valence-electron chi connectivity index (χ1n) is 8.84. The molecule has 1 aromatic rings. The van der Waals surface area contributed by atoms with Crippen molar-refractivity contribution in [3.05, 3.63) is 28.8 Å². The zero-order valence-electron chi connectivity index (χ0n) is 15.1. The van der Waals surface area contributed by atoms with Crippen molar-refractivity contribution >= 4 is 27.5 Å². The molecule has 0 bridgehead atoms. The van der Waals surface area contributed by atoms with E-state index in [1.165, 1.54) is 22.5 Å². The number of halogens is 1. The molecule has 0 aromatic heterocycles. The number of carbonyl (C=O) groups excluding carboxylic acids is 1. The van der Waals surface area contributed by atoms with E-state index >= 15 is 0 Å². The van der Waals surface area contributed by atoms with Gasteiger partial charge in [0, 0.05) is 19.1 Å². The first-order valence-corrected chi connectivity index (χ1v) is 10.7. The van der Waals surface area contributed by atoms with Crippen LogP contribution in [0.1, 0.15) is 56.8 Å². The minimum Gasteiger partial charge on any atom is -0.349 e. The van der Waals surface area contributed by atoms with Crippen LogP contribution in [0.3, 0.4) is 0 Å². The van der Waals surface area contributed by atoms with E-state index in [1.54, 1.807) is 0 Å². The Hall–Kier alpha value is -1.11. The third-order valence-electron chi connectivity index (χ3n) is 4.74. The molecule has 1 amide bonds. The molecule has 1 heterocycles. The molecule has 1 unspecified atom stereocenters. The van der Waals surface area contributed by atoms with Gasteiger partial charge in [-0.3, -0.25) is 4.79 Å². The summed E-state index contributed by atoms with van der Waals surface area (Å²) in [7, 11) is -3.61. The second-order valence-corrected chi connectivity index (χ2v) is 9.31. The summed E-state index contributed by atoms with van der Waals surface area (Å²) in [6, 6.07) is 4.33. The summed E-state index contributed by atoms with van der Waals surface area (Å²) in [4.78, 5) is 12.6. The van der Waals surface area contributed by atoms with Crippen molar-refractivity contribution in [1.29, 1.82) is 0 Å². The maximum absolute atomic E-state index is 12.9. The van der Waals surface area contributed by atoms with Crippen molar-refractivity contribution in [2.75, 3.05) is 13.1 Å². The fraction of sp³-hybridized carbons (Fsp3) is 0.611. The molecule has 0 saturated carbocycles. The van der Waals surface area contributed by atoms with Gasteiger partial charge in [-0.2, -0.15) is 4.31 Å². The smallest absolute Gasteiger partial charge is 0.253 e. The van der Waals surface area contributed by atoms with Crippen LogP contribution in [-0.4, -0.2) is 37.8 Å². The van der Waals surface area contributed by atoms with Gasteiger partial charge in [0.25, 0.3) is 5.91 Å². The Morgan fingerprint density at radius 1 is 1.12 bits per heavy atom. The zero-order valence-corrected chi connectivity index (χ0v) is 16.7. The van der Waals surface area contributed by atoms with Gasteiger partial charge in [0.1, 0.15) is 0 Å². The normalized spacial score (nSPS) is 18.0. The number of sulfonamides is 1. The van der Waals surface area contributed by atoms with Crippen LogP contribution in [0.5, 0.6) is 0 Å². The van der Waals surface area contributed by atoms with Crippen molar-refractivity contribution in [2.45, 2.75) is 57.4 Å². The molecular weight excluding hydrogens is 360 g/mol. The van der Waals surface area contributed by atoms with Gasteiger partial charge in [-0.1, -0.05) is 38.3 Å². The highest BCUT2D eigenvalue weighted by molar-refractivity contribution is 7.89. The number of hydrogen-bond acceptors (Lipinski definition) is 3. The molecule has 0 aliphatic carbocycles. The van der Waals surface area contributed by atoms with Gasteiger partial charge in [0.15, 0.2) is 0 Å². The van der Waals surface area contributed by atoms with Crippen LogP contribution in [-0.2, 0) is 10.0 Å². The van der Waals surface area contributed by atoms with E-state index in [2.05, 4.69) is 5.32 Å². The Balaban J connectivity index is 2.29. The number of carbonyl (C=O) groups is 1. The van der Waals surface area contributed by atoms with Gasteiger partial charge in [-0.05, 0) is 43.9 Å². The lowest BCUT2D eigenvalue weighted by atomic mass is 10.1.